The molecule has 0 aromatic carbocycles. The third kappa shape index (κ3) is 27.6. The fourth-order valence-corrected chi connectivity index (χ4v) is 6.79. The Labute approximate surface area is 392 Å². The molecule has 0 radical (unpaired) electrons. The van der Waals surface area contributed by atoms with E-state index >= 15 is 0 Å². The van der Waals surface area contributed by atoms with Crippen LogP contribution in [0, 0.1) is 71.0 Å². The maximum absolute atomic E-state index is 11.2. The largest absolute Gasteiger partial charge is 1.00 e. The van der Waals surface area contributed by atoms with Crippen molar-refractivity contribution in [1.82, 2.24) is 0 Å². The van der Waals surface area contributed by atoms with Crippen molar-refractivity contribution < 1.29 is 148 Å². The smallest absolute Gasteiger partial charge is 0.870 e. The minimum Gasteiger partial charge on any atom is -0.870 e. The van der Waals surface area contributed by atoms with Crippen LogP contribution in [0.3, 0.4) is 0 Å². The van der Waals surface area contributed by atoms with E-state index < -0.39 is 53.5 Å². The molecule has 0 spiro atoms. The van der Waals surface area contributed by atoms with Gasteiger partial charge in [0.1, 0.15) is 6.29 Å². The van der Waals surface area contributed by atoms with Gasteiger partial charge in [-0.2, -0.15) is 0 Å². The molecule has 0 saturated carbocycles. The molecule has 0 amide bonds. The van der Waals surface area contributed by atoms with E-state index in [0.29, 0.717) is 44.4 Å². The van der Waals surface area contributed by atoms with Gasteiger partial charge in [-0.25, -0.2) is 0 Å². The van der Waals surface area contributed by atoms with Gasteiger partial charge < -0.3 is 45.4 Å². The van der Waals surface area contributed by atoms with Gasteiger partial charge in [0, 0.05) is 23.8 Å². The van der Waals surface area contributed by atoms with Crippen LogP contribution in [0.2, 0.25) is 0 Å². The molecular weight excluding hydrogens is 729 g/mol. The van der Waals surface area contributed by atoms with Crippen LogP contribution in [0.5, 0.6) is 0 Å². The fourth-order valence-electron chi connectivity index (χ4n) is 6.79. The van der Waals surface area contributed by atoms with Crippen molar-refractivity contribution in [2.45, 2.75) is 141 Å². The molecule has 0 heterocycles. The summed E-state index contributed by atoms with van der Waals surface area (Å²) in [5.41, 5.74) is 0. The normalized spacial score (nSPS) is 16.9. The average Bonchev–Trinajstić information content (AvgIpc) is 3.04. The second-order valence-corrected chi connectivity index (χ2v) is 14.5. The Morgan fingerprint density at radius 3 is 1.04 bits per heavy atom. The number of aldehydes is 1. The molecule has 0 aliphatic carbocycles. The summed E-state index contributed by atoms with van der Waals surface area (Å²) >= 11 is 0. The second-order valence-electron chi connectivity index (χ2n) is 14.5. The van der Waals surface area contributed by atoms with E-state index in [9.17, 15) is 44.1 Å². The Bertz CT molecular complexity index is 961. The molecule has 0 aliphatic heterocycles. The number of hydrogen-bond acceptors (Lipinski definition) is 9. The third-order valence-corrected chi connectivity index (χ3v) is 10.9. The van der Waals surface area contributed by atoms with Gasteiger partial charge in [0.05, 0.1) is 17.8 Å². The Morgan fingerprint density at radius 1 is 0.463 bits per heavy atom. The van der Waals surface area contributed by atoms with Gasteiger partial charge in [-0.3, -0.25) is 14.4 Å². The number of hydrogen-bond donors (Lipinski definition) is 3. The first-order chi connectivity index (χ1) is 23.2. The quantitative estimate of drug-likeness (QED) is 0.0650. The van der Waals surface area contributed by atoms with Crippen molar-refractivity contribution in [3.63, 3.8) is 0 Å². The summed E-state index contributed by atoms with van der Waals surface area (Å²) in [4.78, 5) is 66.1. The zero-order valence-corrected chi connectivity index (χ0v) is 42.4. The van der Waals surface area contributed by atoms with Crippen molar-refractivity contribution in [2.75, 3.05) is 0 Å². The summed E-state index contributed by atoms with van der Waals surface area (Å²) in [5.74, 6) is -6.71. The molecule has 15 heteroatoms. The Kier molecular flexibility index (Phi) is 48.9. The van der Waals surface area contributed by atoms with Crippen LogP contribution in [0.15, 0.2) is 0 Å². The Morgan fingerprint density at radius 2 is 0.778 bits per heavy atom. The van der Waals surface area contributed by atoms with Gasteiger partial charge >= 0.3 is 107 Å². The van der Waals surface area contributed by atoms with E-state index in [1.165, 1.54) is 0 Å². The molecule has 0 aromatic heterocycles. The Balaban J connectivity index is -0.000000118. The molecular formula is C39H71Na3O12. The van der Waals surface area contributed by atoms with Gasteiger partial charge in [-0.1, -0.05) is 102 Å². The number of carbonyl (C=O) groups excluding carboxylic acids is 3. The fraction of sp³-hybridized carbons (Fsp3) is 0.846. The molecule has 0 bridgehead atoms. The molecule has 0 saturated heterocycles. The second kappa shape index (κ2) is 38.5. The van der Waals surface area contributed by atoms with Crippen molar-refractivity contribution in [2.24, 2.45) is 71.0 Å². The first-order valence-electron chi connectivity index (χ1n) is 18.7. The maximum atomic E-state index is 11.2. The van der Waals surface area contributed by atoms with Crippen LogP contribution in [0.4, 0.5) is 0 Å². The van der Waals surface area contributed by atoms with Gasteiger partial charge in [0.2, 0.25) is 0 Å². The monoisotopic (exact) mass is 800 g/mol. The summed E-state index contributed by atoms with van der Waals surface area (Å²) in [6, 6.07) is 0. The number of carbonyl (C=O) groups is 6. The minimum atomic E-state index is -1.10. The Hall–Kier alpha value is -0.0200. The third-order valence-electron chi connectivity index (χ3n) is 10.9. The van der Waals surface area contributed by atoms with E-state index in [4.69, 9.17) is 10.2 Å². The van der Waals surface area contributed by atoms with E-state index in [2.05, 4.69) is 13.8 Å². The zero-order valence-electron chi connectivity index (χ0n) is 36.4. The van der Waals surface area contributed by atoms with Crippen LogP contribution in [-0.2, 0) is 28.8 Å². The summed E-state index contributed by atoms with van der Waals surface area (Å²) < 4.78 is 0. The van der Waals surface area contributed by atoms with Gasteiger partial charge in [-0.05, 0) is 80.0 Å². The molecule has 4 N–H and O–H groups in total. The molecule has 0 rings (SSSR count). The average molecular weight is 801 g/mol. The van der Waals surface area contributed by atoms with Gasteiger partial charge in [0.15, 0.2) is 0 Å². The minimum absolute atomic E-state index is 0. The maximum Gasteiger partial charge on any atom is 1.00 e. The van der Waals surface area contributed by atoms with Crippen LogP contribution in [0.25, 0.3) is 0 Å². The summed E-state index contributed by atoms with van der Waals surface area (Å²) in [7, 11) is 0. The van der Waals surface area contributed by atoms with Crippen molar-refractivity contribution in [3.05, 3.63) is 0 Å². The van der Waals surface area contributed by atoms with E-state index in [-0.39, 0.29) is 136 Å². The van der Waals surface area contributed by atoms with Crippen LogP contribution in [0.1, 0.15) is 141 Å². The standard InChI is InChI=1S/2C13H24O4.C13H24O3.3Na.H2O/c2*1-5-8(3)11(13(16)17)9(4)7-10(6-2)12(14)15;1-5-9(3)12(8-14)10(4)7-11(6-2)13(15)16;;;;/h2*8-11H,5-7H2,1-4H3,(H,14,15)(H,16,17);8-12H,5-7H2,1-4H3,(H,15,16);;;;1H2/q;;;3*+1;/p-3. The molecule has 0 fully saturated rings. The molecule has 12 unspecified atom stereocenters. The molecule has 12 nitrogen and oxygen atoms in total. The number of aliphatic carboxylic acids is 5. The summed E-state index contributed by atoms with van der Waals surface area (Å²) in [6.45, 7) is 22.8. The SMILES string of the molecule is CCC(CC(C)C(C(=O)O)C(C)CC)C(=O)O.CCC(CC(C)C(C(=O)[O-])C(C)CC)C(=O)[O-].CCC(CC(C)C(C=O)C(C)CC)C(=O)O.[Na+].[Na+].[Na+].[OH-]. The van der Waals surface area contributed by atoms with Crippen molar-refractivity contribution in [3.8, 4) is 0 Å². The number of carboxylic acids is 5. The predicted molar refractivity (Wildman–Crippen MR) is 192 cm³/mol. The van der Waals surface area contributed by atoms with Crippen LogP contribution >= 0.6 is 0 Å². The summed E-state index contributed by atoms with van der Waals surface area (Å²) in [5, 5.41) is 49.1. The number of rotatable bonds is 24. The molecule has 12 atom stereocenters. The molecule has 302 valence electrons. The van der Waals surface area contributed by atoms with Crippen molar-refractivity contribution >= 4 is 36.1 Å². The summed E-state index contributed by atoms with van der Waals surface area (Å²) in [6.07, 6.45) is 6.50. The molecule has 0 aromatic rings. The number of carboxylic acid groups (broad SMARTS) is 5. The predicted octanol–water partition coefficient (Wildman–Crippen LogP) is -3.11. The van der Waals surface area contributed by atoms with E-state index in [1.807, 2.05) is 55.4 Å². The molecule has 54 heavy (non-hydrogen) atoms. The van der Waals surface area contributed by atoms with Crippen LogP contribution < -0.4 is 98.9 Å². The van der Waals surface area contributed by atoms with Gasteiger partial charge in [-0.15, -0.1) is 0 Å². The first-order valence-corrected chi connectivity index (χ1v) is 18.7. The van der Waals surface area contributed by atoms with E-state index in [1.54, 1.807) is 13.8 Å². The van der Waals surface area contributed by atoms with Crippen LogP contribution in [-0.4, -0.2) is 56.9 Å². The van der Waals surface area contributed by atoms with E-state index in [0.717, 1.165) is 25.5 Å². The molecule has 0 aliphatic rings. The zero-order chi connectivity index (χ0) is 39.9. The van der Waals surface area contributed by atoms with Crippen molar-refractivity contribution in [1.29, 1.82) is 0 Å². The van der Waals surface area contributed by atoms with Gasteiger partial charge in [0.25, 0.3) is 0 Å². The first kappa shape index (κ1) is 68.6. The topological polar surface area (TPSA) is 239 Å².